The van der Waals surface area contributed by atoms with Crippen molar-refractivity contribution in [2.45, 2.75) is 46.2 Å². The molecule has 0 aromatic carbocycles. The summed E-state index contributed by atoms with van der Waals surface area (Å²) in [5.74, 6) is 0.102. The van der Waals surface area contributed by atoms with Crippen molar-refractivity contribution >= 4 is 30.7 Å². The quantitative estimate of drug-likeness (QED) is 0.705. The van der Waals surface area contributed by atoms with Gasteiger partial charge in [0.15, 0.2) is 0 Å². The number of rotatable bonds is 7. The van der Waals surface area contributed by atoms with Gasteiger partial charge in [-0.25, -0.2) is 0 Å². The maximum absolute atomic E-state index is 12.4. The minimum atomic E-state index is -0.0949. The van der Waals surface area contributed by atoms with Crippen molar-refractivity contribution in [2.75, 3.05) is 39.4 Å². The zero-order valence-corrected chi connectivity index (χ0v) is 15.9. The van der Waals surface area contributed by atoms with Crippen molar-refractivity contribution in [3.05, 3.63) is 0 Å². The summed E-state index contributed by atoms with van der Waals surface area (Å²) in [4.78, 5) is 16.8. The summed E-state index contributed by atoms with van der Waals surface area (Å²) in [6.45, 7) is 13.1. The molecule has 1 saturated heterocycles. The predicted molar refractivity (Wildman–Crippen MR) is 96.0 cm³/mol. The van der Waals surface area contributed by atoms with Crippen molar-refractivity contribution in [1.29, 1.82) is 0 Å². The largest absolute Gasteiger partial charge is 0.380 e. The molecule has 0 spiro atoms. The van der Waals surface area contributed by atoms with Gasteiger partial charge in [-0.15, -0.1) is 24.8 Å². The molecule has 1 aliphatic heterocycles. The van der Waals surface area contributed by atoms with Crippen LogP contribution in [0.5, 0.6) is 0 Å². The fraction of sp³-hybridized carbons (Fsp3) is 0.933. The van der Waals surface area contributed by atoms with Crippen molar-refractivity contribution in [3.8, 4) is 0 Å². The molecule has 0 saturated carbocycles. The zero-order valence-electron chi connectivity index (χ0n) is 14.3. The van der Waals surface area contributed by atoms with E-state index < -0.39 is 0 Å². The first-order valence-electron chi connectivity index (χ1n) is 7.87. The normalized spacial score (nSPS) is 21.5. The lowest BCUT2D eigenvalue weighted by Crippen LogP contribution is -2.57. The first kappa shape index (κ1) is 24.2. The highest BCUT2D eigenvalue weighted by Crippen LogP contribution is 2.16. The van der Waals surface area contributed by atoms with E-state index in [4.69, 9.17) is 10.5 Å². The van der Waals surface area contributed by atoms with Crippen LogP contribution in [0.3, 0.4) is 0 Å². The Morgan fingerprint density at radius 2 is 1.91 bits per heavy atom. The average molecular weight is 358 g/mol. The van der Waals surface area contributed by atoms with Gasteiger partial charge in [0.1, 0.15) is 0 Å². The molecule has 1 amide bonds. The standard InChI is InChI=1S/C15H31N3O2.2ClH/c1-5-14-11-18(15(19)12(3)13(4)16)8-7-17(14)9-10-20-6-2;;/h12-14H,5-11,16H2,1-4H3;2*1H. The highest BCUT2D eigenvalue weighted by Gasteiger charge is 2.31. The Morgan fingerprint density at radius 3 is 2.41 bits per heavy atom. The summed E-state index contributed by atoms with van der Waals surface area (Å²) < 4.78 is 5.43. The number of nitrogens with two attached hydrogens (primary N) is 1. The molecule has 3 atom stereocenters. The third-order valence-corrected chi connectivity index (χ3v) is 4.29. The summed E-state index contributed by atoms with van der Waals surface area (Å²) in [5.41, 5.74) is 5.84. The van der Waals surface area contributed by atoms with Crippen LogP contribution in [0.1, 0.15) is 34.1 Å². The Balaban J connectivity index is 0. The molecule has 3 unspecified atom stereocenters. The van der Waals surface area contributed by atoms with Crippen LogP contribution in [0.25, 0.3) is 0 Å². The van der Waals surface area contributed by atoms with Crippen LogP contribution in [0.2, 0.25) is 0 Å². The fourth-order valence-corrected chi connectivity index (χ4v) is 2.61. The molecule has 0 aromatic rings. The van der Waals surface area contributed by atoms with Gasteiger partial charge in [0.2, 0.25) is 5.91 Å². The van der Waals surface area contributed by atoms with E-state index in [9.17, 15) is 4.79 Å². The Morgan fingerprint density at radius 1 is 1.27 bits per heavy atom. The monoisotopic (exact) mass is 357 g/mol. The van der Waals surface area contributed by atoms with Gasteiger partial charge >= 0.3 is 0 Å². The highest BCUT2D eigenvalue weighted by molar-refractivity contribution is 5.85. The first-order chi connectivity index (χ1) is 9.51. The molecule has 0 bridgehead atoms. The lowest BCUT2D eigenvalue weighted by Gasteiger charge is -2.42. The van der Waals surface area contributed by atoms with Crippen LogP contribution in [-0.4, -0.2) is 67.2 Å². The molecule has 0 radical (unpaired) electrons. The zero-order chi connectivity index (χ0) is 15.1. The van der Waals surface area contributed by atoms with Gasteiger partial charge in [0.25, 0.3) is 0 Å². The molecule has 0 aliphatic carbocycles. The van der Waals surface area contributed by atoms with Gasteiger partial charge < -0.3 is 15.4 Å². The SMILES string of the molecule is CCOCCN1CCN(C(=O)C(C)C(C)N)CC1CC.Cl.Cl. The lowest BCUT2D eigenvalue weighted by molar-refractivity contribution is -0.138. The number of nitrogens with zero attached hydrogens (tertiary/aromatic N) is 2. The van der Waals surface area contributed by atoms with Crippen LogP contribution in [0, 0.1) is 5.92 Å². The van der Waals surface area contributed by atoms with Gasteiger partial charge in [0.05, 0.1) is 12.5 Å². The van der Waals surface area contributed by atoms with E-state index in [0.717, 1.165) is 45.8 Å². The third-order valence-electron chi connectivity index (χ3n) is 4.29. The number of ether oxygens (including phenoxy) is 1. The Bertz CT molecular complexity index is 307. The van der Waals surface area contributed by atoms with Crippen molar-refractivity contribution in [1.82, 2.24) is 9.80 Å². The summed E-state index contributed by atoms with van der Waals surface area (Å²) >= 11 is 0. The lowest BCUT2D eigenvalue weighted by atomic mass is 10.0. The Kier molecular flexibility index (Phi) is 13.6. The van der Waals surface area contributed by atoms with Crippen LogP contribution >= 0.6 is 24.8 Å². The van der Waals surface area contributed by atoms with E-state index in [1.807, 2.05) is 25.7 Å². The molecule has 5 nitrogen and oxygen atoms in total. The van der Waals surface area contributed by atoms with E-state index in [-0.39, 0.29) is 42.7 Å². The average Bonchev–Trinajstić information content (AvgIpc) is 2.46. The number of halogens is 2. The third kappa shape index (κ3) is 7.01. The molecule has 1 fully saturated rings. The maximum Gasteiger partial charge on any atom is 0.227 e. The summed E-state index contributed by atoms with van der Waals surface area (Å²) in [5, 5.41) is 0. The molecule has 2 N–H and O–H groups in total. The number of hydrogen-bond donors (Lipinski definition) is 1. The molecule has 22 heavy (non-hydrogen) atoms. The van der Waals surface area contributed by atoms with Gasteiger partial charge in [-0.3, -0.25) is 9.69 Å². The Labute approximate surface area is 147 Å². The first-order valence-corrected chi connectivity index (χ1v) is 7.87. The number of carbonyl (C=O) groups excluding carboxylic acids is 1. The van der Waals surface area contributed by atoms with E-state index >= 15 is 0 Å². The van der Waals surface area contributed by atoms with Crippen LogP contribution in [0.4, 0.5) is 0 Å². The topological polar surface area (TPSA) is 58.8 Å². The molecular formula is C15H33Cl2N3O2. The predicted octanol–water partition coefficient (Wildman–Crippen LogP) is 1.77. The van der Waals surface area contributed by atoms with E-state index in [2.05, 4.69) is 11.8 Å². The highest BCUT2D eigenvalue weighted by atomic mass is 35.5. The minimum Gasteiger partial charge on any atom is -0.380 e. The molecule has 134 valence electrons. The number of carbonyl (C=O) groups is 1. The molecule has 0 aromatic heterocycles. The number of amides is 1. The second-order valence-electron chi connectivity index (χ2n) is 5.73. The Hall–Kier alpha value is -0.0700. The van der Waals surface area contributed by atoms with Crippen molar-refractivity contribution < 1.29 is 9.53 Å². The van der Waals surface area contributed by atoms with Crippen molar-refractivity contribution in [2.24, 2.45) is 11.7 Å². The summed E-state index contributed by atoms with van der Waals surface area (Å²) in [6.07, 6.45) is 1.06. The summed E-state index contributed by atoms with van der Waals surface area (Å²) in [6, 6.07) is 0.354. The fourth-order valence-electron chi connectivity index (χ4n) is 2.61. The van der Waals surface area contributed by atoms with E-state index in [1.54, 1.807) is 0 Å². The summed E-state index contributed by atoms with van der Waals surface area (Å²) in [7, 11) is 0. The second kappa shape index (κ2) is 12.4. The van der Waals surface area contributed by atoms with Gasteiger partial charge in [-0.2, -0.15) is 0 Å². The minimum absolute atomic E-state index is 0. The van der Waals surface area contributed by atoms with Gasteiger partial charge in [-0.05, 0) is 20.3 Å². The van der Waals surface area contributed by atoms with Crippen LogP contribution in [0.15, 0.2) is 0 Å². The van der Waals surface area contributed by atoms with Gasteiger partial charge in [-0.1, -0.05) is 13.8 Å². The number of hydrogen-bond acceptors (Lipinski definition) is 4. The maximum atomic E-state index is 12.4. The molecule has 1 aliphatic rings. The van der Waals surface area contributed by atoms with Crippen LogP contribution in [-0.2, 0) is 9.53 Å². The molecular weight excluding hydrogens is 325 g/mol. The van der Waals surface area contributed by atoms with E-state index in [1.165, 1.54) is 0 Å². The molecule has 7 heteroatoms. The molecule has 1 heterocycles. The van der Waals surface area contributed by atoms with Crippen LogP contribution < -0.4 is 5.73 Å². The van der Waals surface area contributed by atoms with Crippen molar-refractivity contribution in [3.63, 3.8) is 0 Å². The van der Waals surface area contributed by atoms with E-state index in [0.29, 0.717) is 6.04 Å². The second-order valence-corrected chi connectivity index (χ2v) is 5.73. The van der Waals surface area contributed by atoms with Gasteiger partial charge in [0, 0.05) is 44.9 Å². The smallest absolute Gasteiger partial charge is 0.227 e. The number of piperazine rings is 1. The molecule has 1 rings (SSSR count).